The fourth-order valence-corrected chi connectivity index (χ4v) is 7.30. The van der Waals surface area contributed by atoms with E-state index in [1.807, 2.05) is 4.90 Å². The summed E-state index contributed by atoms with van der Waals surface area (Å²) in [6.07, 6.45) is 4.45. The van der Waals surface area contributed by atoms with Gasteiger partial charge in [0.25, 0.3) is 11.8 Å². The van der Waals surface area contributed by atoms with Crippen LogP contribution in [0.15, 0.2) is 27.4 Å². The van der Waals surface area contributed by atoms with E-state index in [0.29, 0.717) is 27.7 Å². The first kappa shape index (κ1) is 21.9. The van der Waals surface area contributed by atoms with Crippen LogP contribution in [0.2, 0.25) is 0 Å². The van der Waals surface area contributed by atoms with Crippen LogP contribution in [0, 0.1) is 5.82 Å². The van der Waals surface area contributed by atoms with Gasteiger partial charge in [0.1, 0.15) is 32.8 Å². The Hall–Kier alpha value is -1.92. The van der Waals surface area contributed by atoms with Gasteiger partial charge in [-0.25, -0.2) is 10.6 Å². The van der Waals surface area contributed by atoms with E-state index in [0.717, 1.165) is 45.6 Å². The van der Waals surface area contributed by atoms with Crippen molar-refractivity contribution >= 4 is 55.8 Å². The van der Waals surface area contributed by atoms with Crippen LogP contribution >= 0.6 is 32.6 Å². The first-order chi connectivity index (χ1) is 15.6. The Balaban J connectivity index is 1.27. The molecule has 0 radical (unpaired) electrons. The Bertz CT molecular complexity index is 1060. The SMILES string of the molecule is O=C(c1cc2c(s1)C(=O)N(c1ccc(OCCN3CCCC3)c(F)c1)I=N2)N1CCCC1. The third-order valence-electron chi connectivity index (χ3n) is 5.90. The van der Waals surface area contributed by atoms with E-state index in [1.165, 1.54) is 30.2 Å². The van der Waals surface area contributed by atoms with Crippen molar-refractivity contribution in [2.75, 3.05) is 42.4 Å². The summed E-state index contributed by atoms with van der Waals surface area (Å²) >= 11 is 0.145. The monoisotopic (exact) mass is 570 g/mol. The number of anilines is 1. The lowest BCUT2D eigenvalue weighted by atomic mass is 10.2. The predicted molar refractivity (Wildman–Crippen MR) is 130 cm³/mol. The zero-order valence-corrected chi connectivity index (χ0v) is 20.5. The number of fused-ring (bicyclic) bond motifs is 1. The van der Waals surface area contributed by atoms with Crippen molar-refractivity contribution in [2.24, 2.45) is 3.15 Å². The number of halogens is 2. The van der Waals surface area contributed by atoms with Gasteiger partial charge in [-0.15, -0.1) is 11.3 Å². The minimum atomic E-state index is -1.04. The molecule has 5 rings (SSSR count). The molecule has 7 nitrogen and oxygen atoms in total. The fourth-order valence-electron chi connectivity index (χ4n) is 4.16. The van der Waals surface area contributed by atoms with Crippen LogP contribution in [0.3, 0.4) is 0 Å². The Morgan fingerprint density at radius 2 is 1.88 bits per heavy atom. The van der Waals surface area contributed by atoms with Crippen LogP contribution in [-0.4, -0.2) is 60.9 Å². The van der Waals surface area contributed by atoms with Gasteiger partial charge in [-0.2, -0.15) is 0 Å². The molecule has 2 aromatic rings. The summed E-state index contributed by atoms with van der Waals surface area (Å²) in [5.41, 5.74) is 1.07. The number of likely N-dealkylation sites (tertiary alicyclic amines) is 2. The highest BCUT2D eigenvalue weighted by molar-refractivity contribution is 14.2. The highest BCUT2D eigenvalue weighted by Gasteiger charge is 2.30. The molecule has 1 aromatic heterocycles. The van der Waals surface area contributed by atoms with Gasteiger partial charge in [0.2, 0.25) is 0 Å². The van der Waals surface area contributed by atoms with Crippen LogP contribution in [0.25, 0.3) is 0 Å². The van der Waals surface area contributed by atoms with E-state index in [4.69, 9.17) is 4.74 Å². The largest absolute Gasteiger partial charge is 0.489 e. The second-order valence-electron chi connectivity index (χ2n) is 8.08. The van der Waals surface area contributed by atoms with Gasteiger partial charge >= 0.3 is 0 Å². The maximum absolute atomic E-state index is 14.7. The molecule has 2 amide bonds. The lowest BCUT2D eigenvalue weighted by molar-refractivity contribution is 0.0797. The van der Waals surface area contributed by atoms with Crippen molar-refractivity contribution in [2.45, 2.75) is 25.7 Å². The lowest BCUT2D eigenvalue weighted by Crippen LogP contribution is -2.26. The van der Waals surface area contributed by atoms with Crippen molar-refractivity contribution in [3.63, 3.8) is 0 Å². The second kappa shape index (κ2) is 9.52. The highest BCUT2D eigenvalue weighted by atomic mass is 127. The number of benzene rings is 1. The molecule has 0 spiro atoms. The van der Waals surface area contributed by atoms with Crippen molar-refractivity contribution < 1.29 is 18.7 Å². The maximum Gasteiger partial charge on any atom is 0.280 e. The van der Waals surface area contributed by atoms with Crippen LogP contribution in [0.4, 0.5) is 15.8 Å². The molecular formula is C22H24FIN4O3S. The quantitative estimate of drug-likeness (QED) is 0.364. The van der Waals surface area contributed by atoms with Gasteiger partial charge in [0.05, 0.1) is 16.3 Å². The predicted octanol–water partition coefficient (Wildman–Crippen LogP) is 4.96. The van der Waals surface area contributed by atoms with Crippen molar-refractivity contribution in [1.29, 1.82) is 0 Å². The van der Waals surface area contributed by atoms with Gasteiger partial charge in [-0.1, -0.05) is 0 Å². The van der Waals surface area contributed by atoms with E-state index in [9.17, 15) is 14.0 Å². The number of ether oxygens (including phenoxy) is 1. The summed E-state index contributed by atoms with van der Waals surface area (Å²) in [5, 5.41) is 0. The minimum absolute atomic E-state index is 0.0314. The van der Waals surface area contributed by atoms with Gasteiger partial charge in [0.15, 0.2) is 11.6 Å². The van der Waals surface area contributed by atoms with Crippen LogP contribution in [-0.2, 0) is 0 Å². The summed E-state index contributed by atoms with van der Waals surface area (Å²) in [6.45, 7) is 4.90. The topological polar surface area (TPSA) is 65.5 Å². The summed E-state index contributed by atoms with van der Waals surface area (Å²) < 4.78 is 26.4. The number of nitrogens with zero attached hydrogens (tertiary/aromatic N) is 4. The molecule has 10 heteroatoms. The molecular weight excluding hydrogens is 546 g/mol. The third kappa shape index (κ3) is 4.44. The molecule has 3 aliphatic heterocycles. The zero-order chi connectivity index (χ0) is 22.1. The number of hydrogen-bond acceptors (Lipinski definition) is 6. The Kier molecular flexibility index (Phi) is 6.51. The Labute approximate surface area is 200 Å². The van der Waals surface area contributed by atoms with Crippen LogP contribution in [0.5, 0.6) is 5.75 Å². The minimum Gasteiger partial charge on any atom is -0.489 e. The molecule has 0 saturated carbocycles. The molecule has 0 unspecified atom stereocenters. The summed E-state index contributed by atoms with van der Waals surface area (Å²) in [4.78, 5) is 30.9. The number of rotatable bonds is 6. The molecule has 2 fully saturated rings. The third-order valence-corrected chi connectivity index (χ3v) is 9.16. The van der Waals surface area contributed by atoms with E-state index in [-0.39, 0.29) is 17.6 Å². The molecule has 0 atom stereocenters. The lowest BCUT2D eigenvalue weighted by Gasteiger charge is -2.20. The molecule has 32 heavy (non-hydrogen) atoms. The summed E-state index contributed by atoms with van der Waals surface area (Å²) in [7, 11) is 0. The number of thiophene rings is 1. The zero-order valence-electron chi connectivity index (χ0n) is 17.6. The first-order valence-corrected chi connectivity index (χ1v) is 13.6. The molecule has 0 aliphatic carbocycles. The molecule has 2 saturated heterocycles. The number of carbonyl (C=O) groups excluding carboxylic acids is 2. The summed E-state index contributed by atoms with van der Waals surface area (Å²) in [6, 6.07) is 6.36. The second-order valence-corrected chi connectivity index (χ2v) is 11.0. The van der Waals surface area contributed by atoms with Crippen LogP contribution < -0.4 is 7.85 Å². The van der Waals surface area contributed by atoms with Gasteiger partial charge in [-0.05, 0) is 57.0 Å². The maximum atomic E-state index is 14.7. The van der Waals surface area contributed by atoms with E-state index >= 15 is 0 Å². The number of carbonyl (C=O) groups is 2. The van der Waals surface area contributed by atoms with E-state index in [1.54, 1.807) is 21.3 Å². The van der Waals surface area contributed by atoms with Gasteiger partial charge in [0, 0.05) is 25.7 Å². The Morgan fingerprint density at radius 3 is 2.62 bits per heavy atom. The van der Waals surface area contributed by atoms with Gasteiger partial charge < -0.3 is 9.64 Å². The first-order valence-electron chi connectivity index (χ1n) is 10.9. The molecule has 170 valence electrons. The molecule has 4 heterocycles. The normalized spacial score (nSPS) is 18.7. The van der Waals surface area contributed by atoms with Crippen molar-refractivity contribution in [1.82, 2.24) is 9.80 Å². The fraction of sp³-hybridized carbons (Fsp3) is 0.455. The molecule has 0 N–H and O–H groups in total. The Morgan fingerprint density at radius 1 is 1.12 bits per heavy atom. The standard InChI is InChI=1S/C22H24FIN4O3S/c23-16-13-15(5-6-18(16)31-12-11-26-7-1-2-8-26)28-22(30)20-17(25-24-28)14-19(32-20)21(29)27-9-3-4-10-27/h5-6,13-14H,1-4,7-12H2. The average Bonchev–Trinajstić information content (AvgIpc) is 3.56. The highest BCUT2D eigenvalue weighted by Crippen LogP contribution is 2.42. The van der Waals surface area contributed by atoms with Crippen LogP contribution in [0.1, 0.15) is 45.0 Å². The molecule has 3 aliphatic rings. The molecule has 0 bridgehead atoms. The van der Waals surface area contributed by atoms with E-state index < -0.39 is 27.1 Å². The van der Waals surface area contributed by atoms with Crippen molar-refractivity contribution in [3.05, 3.63) is 39.8 Å². The number of hydrogen-bond donors (Lipinski definition) is 0. The van der Waals surface area contributed by atoms with Crippen molar-refractivity contribution in [3.8, 4) is 5.75 Å². The summed E-state index contributed by atoms with van der Waals surface area (Å²) in [5.74, 6) is -0.531. The number of amides is 2. The van der Waals surface area contributed by atoms with E-state index in [2.05, 4.69) is 8.05 Å². The van der Waals surface area contributed by atoms with Gasteiger partial charge in [-0.3, -0.25) is 14.5 Å². The molecule has 1 aromatic carbocycles. The average molecular weight is 570 g/mol. The smallest absolute Gasteiger partial charge is 0.280 e.